The predicted molar refractivity (Wildman–Crippen MR) is 85.4 cm³/mol. The van der Waals surface area contributed by atoms with Gasteiger partial charge in [0.1, 0.15) is 0 Å². The van der Waals surface area contributed by atoms with E-state index in [1.54, 1.807) is 0 Å². The fourth-order valence-corrected chi connectivity index (χ4v) is 3.52. The van der Waals surface area contributed by atoms with E-state index in [2.05, 4.69) is 29.4 Å². The van der Waals surface area contributed by atoms with Crippen LogP contribution in [0, 0.1) is 5.92 Å². The summed E-state index contributed by atoms with van der Waals surface area (Å²) in [6.07, 6.45) is 5.29. The average molecular weight is 293 g/mol. The van der Waals surface area contributed by atoms with Gasteiger partial charge < -0.3 is 10.2 Å². The van der Waals surface area contributed by atoms with Gasteiger partial charge in [0.05, 0.1) is 0 Å². The number of hydrogen-bond donors (Lipinski definition) is 1. The summed E-state index contributed by atoms with van der Waals surface area (Å²) in [5.41, 5.74) is 1.45. The molecule has 3 rings (SSSR count). The molecule has 0 atom stereocenters. The molecule has 2 nitrogen and oxygen atoms in total. The molecule has 1 saturated carbocycles. The van der Waals surface area contributed by atoms with Crippen LogP contribution in [0.25, 0.3) is 0 Å². The molecule has 0 bridgehead atoms. The van der Waals surface area contributed by atoms with Gasteiger partial charge in [0.25, 0.3) is 0 Å². The van der Waals surface area contributed by atoms with Crippen LogP contribution < -0.4 is 5.32 Å². The SMILES string of the molecule is CN1CCC(CNC2CC(c3ccc(Cl)cc3)C2)CC1. The number of nitrogens with zero attached hydrogens (tertiary/aromatic N) is 1. The van der Waals surface area contributed by atoms with Gasteiger partial charge in [-0.2, -0.15) is 0 Å². The van der Waals surface area contributed by atoms with E-state index in [1.165, 1.54) is 50.9 Å². The van der Waals surface area contributed by atoms with Crippen molar-refractivity contribution in [2.45, 2.75) is 37.6 Å². The van der Waals surface area contributed by atoms with Gasteiger partial charge in [0.2, 0.25) is 0 Å². The molecule has 0 aromatic heterocycles. The van der Waals surface area contributed by atoms with Crippen LogP contribution in [-0.2, 0) is 0 Å². The Balaban J connectivity index is 1.37. The molecule has 0 unspecified atom stereocenters. The molecule has 2 fully saturated rings. The Labute approximate surface area is 127 Å². The van der Waals surface area contributed by atoms with Crippen molar-refractivity contribution >= 4 is 11.6 Å². The summed E-state index contributed by atoms with van der Waals surface area (Å²) in [5, 5.41) is 4.61. The second-order valence-corrected chi connectivity index (χ2v) is 7.01. The van der Waals surface area contributed by atoms with Crippen LogP contribution in [0.15, 0.2) is 24.3 Å². The second kappa shape index (κ2) is 6.46. The van der Waals surface area contributed by atoms with Crippen LogP contribution in [-0.4, -0.2) is 37.6 Å². The summed E-state index contributed by atoms with van der Waals surface area (Å²) >= 11 is 5.94. The topological polar surface area (TPSA) is 15.3 Å². The Kier molecular flexibility index (Phi) is 4.65. The fourth-order valence-electron chi connectivity index (χ4n) is 3.39. The molecule has 1 aliphatic carbocycles. The van der Waals surface area contributed by atoms with Crippen molar-refractivity contribution < 1.29 is 0 Å². The highest BCUT2D eigenvalue weighted by Gasteiger charge is 2.30. The van der Waals surface area contributed by atoms with Gasteiger partial charge in [0, 0.05) is 11.1 Å². The van der Waals surface area contributed by atoms with Crippen molar-refractivity contribution in [1.29, 1.82) is 0 Å². The van der Waals surface area contributed by atoms with Gasteiger partial charge in [-0.05, 0) is 81.9 Å². The Morgan fingerprint density at radius 3 is 2.45 bits per heavy atom. The first-order chi connectivity index (χ1) is 9.70. The lowest BCUT2D eigenvalue weighted by molar-refractivity contribution is 0.199. The van der Waals surface area contributed by atoms with Crippen molar-refractivity contribution in [3.05, 3.63) is 34.9 Å². The molecular weight excluding hydrogens is 268 g/mol. The molecule has 1 aliphatic heterocycles. The van der Waals surface area contributed by atoms with E-state index in [0.717, 1.165) is 22.9 Å². The minimum absolute atomic E-state index is 0.732. The normalized spacial score (nSPS) is 28.3. The lowest BCUT2D eigenvalue weighted by Gasteiger charge is -2.38. The molecule has 1 aromatic carbocycles. The smallest absolute Gasteiger partial charge is 0.0406 e. The maximum absolute atomic E-state index is 5.94. The molecule has 0 amide bonds. The molecule has 1 heterocycles. The molecule has 1 aromatic rings. The zero-order valence-electron chi connectivity index (χ0n) is 12.3. The van der Waals surface area contributed by atoms with Crippen LogP contribution in [0.2, 0.25) is 5.02 Å². The number of nitrogens with one attached hydrogen (secondary N) is 1. The molecule has 0 radical (unpaired) electrons. The fraction of sp³-hybridized carbons (Fsp3) is 0.647. The summed E-state index contributed by atoms with van der Waals surface area (Å²) < 4.78 is 0. The zero-order valence-corrected chi connectivity index (χ0v) is 13.1. The first-order valence-electron chi connectivity index (χ1n) is 7.88. The second-order valence-electron chi connectivity index (χ2n) is 6.57. The van der Waals surface area contributed by atoms with Crippen LogP contribution in [0.5, 0.6) is 0 Å². The molecule has 20 heavy (non-hydrogen) atoms. The molecule has 110 valence electrons. The third-order valence-electron chi connectivity index (χ3n) is 5.01. The van der Waals surface area contributed by atoms with E-state index in [4.69, 9.17) is 11.6 Å². The van der Waals surface area contributed by atoms with Crippen LogP contribution in [0.4, 0.5) is 0 Å². The monoisotopic (exact) mass is 292 g/mol. The summed E-state index contributed by atoms with van der Waals surface area (Å²) in [7, 11) is 2.23. The highest BCUT2D eigenvalue weighted by molar-refractivity contribution is 6.30. The number of halogens is 1. The lowest BCUT2D eigenvalue weighted by Crippen LogP contribution is -2.44. The number of rotatable bonds is 4. The molecule has 2 aliphatic rings. The highest BCUT2D eigenvalue weighted by atomic mass is 35.5. The standard InChI is InChI=1S/C17H25ClN2/c1-20-8-6-13(7-9-20)12-19-17-10-15(11-17)14-2-4-16(18)5-3-14/h2-5,13,15,17,19H,6-12H2,1H3. The molecule has 1 N–H and O–H groups in total. The molecule has 0 spiro atoms. The van der Waals surface area contributed by atoms with Gasteiger partial charge in [0.15, 0.2) is 0 Å². The van der Waals surface area contributed by atoms with E-state index in [1.807, 2.05) is 12.1 Å². The quantitative estimate of drug-likeness (QED) is 0.913. The van der Waals surface area contributed by atoms with Crippen LogP contribution in [0.1, 0.15) is 37.2 Å². The Hall–Kier alpha value is -0.570. The third-order valence-corrected chi connectivity index (χ3v) is 5.26. The Bertz CT molecular complexity index is 417. The Morgan fingerprint density at radius 2 is 1.80 bits per heavy atom. The van der Waals surface area contributed by atoms with Gasteiger partial charge in [-0.3, -0.25) is 0 Å². The van der Waals surface area contributed by atoms with Gasteiger partial charge in [-0.15, -0.1) is 0 Å². The van der Waals surface area contributed by atoms with Crippen molar-refractivity contribution in [3.63, 3.8) is 0 Å². The summed E-state index contributed by atoms with van der Waals surface area (Å²) in [5.74, 6) is 1.63. The van der Waals surface area contributed by atoms with Crippen LogP contribution >= 0.6 is 11.6 Å². The van der Waals surface area contributed by atoms with E-state index in [9.17, 15) is 0 Å². The van der Waals surface area contributed by atoms with Gasteiger partial charge >= 0.3 is 0 Å². The minimum atomic E-state index is 0.732. The summed E-state index contributed by atoms with van der Waals surface area (Å²) in [4.78, 5) is 2.44. The molecule has 1 saturated heterocycles. The highest BCUT2D eigenvalue weighted by Crippen LogP contribution is 2.37. The first-order valence-corrected chi connectivity index (χ1v) is 8.26. The number of piperidine rings is 1. The maximum Gasteiger partial charge on any atom is 0.0406 e. The number of hydrogen-bond acceptors (Lipinski definition) is 2. The van der Waals surface area contributed by atoms with Crippen molar-refractivity contribution in [2.24, 2.45) is 5.92 Å². The largest absolute Gasteiger partial charge is 0.314 e. The summed E-state index contributed by atoms with van der Waals surface area (Å²) in [6, 6.07) is 9.11. The summed E-state index contributed by atoms with van der Waals surface area (Å²) in [6.45, 7) is 3.75. The maximum atomic E-state index is 5.94. The van der Waals surface area contributed by atoms with Gasteiger partial charge in [-0.25, -0.2) is 0 Å². The van der Waals surface area contributed by atoms with E-state index < -0.39 is 0 Å². The zero-order chi connectivity index (χ0) is 13.9. The Morgan fingerprint density at radius 1 is 1.15 bits per heavy atom. The van der Waals surface area contributed by atoms with E-state index in [0.29, 0.717) is 0 Å². The van der Waals surface area contributed by atoms with Crippen molar-refractivity contribution in [3.8, 4) is 0 Å². The average Bonchev–Trinajstić information content (AvgIpc) is 2.41. The molecule has 3 heteroatoms. The number of benzene rings is 1. The van der Waals surface area contributed by atoms with E-state index in [-0.39, 0.29) is 0 Å². The lowest BCUT2D eigenvalue weighted by atomic mass is 9.75. The minimum Gasteiger partial charge on any atom is -0.314 e. The molecular formula is C17H25ClN2. The van der Waals surface area contributed by atoms with Crippen LogP contribution in [0.3, 0.4) is 0 Å². The van der Waals surface area contributed by atoms with E-state index >= 15 is 0 Å². The first kappa shape index (κ1) is 14.4. The third kappa shape index (κ3) is 3.55. The van der Waals surface area contributed by atoms with Gasteiger partial charge in [-0.1, -0.05) is 23.7 Å². The predicted octanol–water partition coefficient (Wildman–Crippen LogP) is 3.52. The number of likely N-dealkylation sites (tertiary alicyclic amines) is 1. The van der Waals surface area contributed by atoms with Crippen molar-refractivity contribution in [2.75, 3.05) is 26.7 Å². The van der Waals surface area contributed by atoms with Crippen molar-refractivity contribution in [1.82, 2.24) is 10.2 Å².